The summed E-state index contributed by atoms with van der Waals surface area (Å²) in [4.78, 5) is 14.1. The molecule has 0 amide bonds. The van der Waals surface area contributed by atoms with E-state index in [1.165, 1.54) is 12.1 Å². The van der Waals surface area contributed by atoms with Crippen molar-refractivity contribution in [3.63, 3.8) is 0 Å². The van der Waals surface area contributed by atoms with Crippen LogP contribution in [0.1, 0.15) is 23.8 Å². The van der Waals surface area contributed by atoms with Crippen LogP contribution in [0.25, 0.3) is 0 Å². The number of rotatable bonds is 5. The first-order valence-corrected chi connectivity index (χ1v) is 6.56. The van der Waals surface area contributed by atoms with E-state index in [2.05, 4.69) is 9.71 Å². The molecule has 1 aromatic rings. The molecule has 0 fully saturated rings. The first kappa shape index (κ1) is 13.9. The van der Waals surface area contributed by atoms with Gasteiger partial charge in [-0.2, -0.15) is 5.26 Å². The Labute approximate surface area is 104 Å². The van der Waals surface area contributed by atoms with Crippen molar-refractivity contribution in [1.29, 1.82) is 5.26 Å². The Balaban J connectivity index is 2.92. The fourth-order valence-corrected chi connectivity index (χ4v) is 2.37. The number of pyridine rings is 1. The number of aromatic carboxylic acids is 1. The third-order valence-electron chi connectivity index (χ3n) is 2.13. The summed E-state index contributed by atoms with van der Waals surface area (Å²) in [7, 11) is -3.81. The average molecular weight is 269 g/mol. The van der Waals surface area contributed by atoms with Crippen LogP contribution < -0.4 is 4.72 Å². The summed E-state index contributed by atoms with van der Waals surface area (Å²) in [5.74, 6) is -1.20. The molecular formula is C10H11N3O4S. The van der Waals surface area contributed by atoms with Crippen LogP contribution in [0.4, 0.5) is 5.69 Å². The first-order valence-electron chi connectivity index (χ1n) is 5.01. The van der Waals surface area contributed by atoms with Gasteiger partial charge in [0.15, 0.2) is 5.25 Å². The predicted octanol–water partition coefficient (Wildman–Crippen LogP) is 0.824. The van der Waals surface area contributed by atoms with Gasteiger partial charge in [0, 0.05) is 0 Å². The van der Waals surface area contributed by atoms with Gasteiger partial charge in [-0.15, -0.1) is 0 Å². The number of nitrogens with one attached hydrogen (secondary N) is 1. The van der Waals surface area contributed by atoms with E-state index < -0.39 is 21.2 Å². The molecule has 7 nitrogen and oxygen atoms in total. The lowest BCUT2D eigenvalue weighted by atomic mass is 10.3. The summed E-state index contributed by atoms with van der Waals surface area (Å²) in [6, 6.07) is 4.13. The first-order chi connectivity index (χ1) is 8.40. The molecule has 0 aromatic carbocycles. The van der Waals surface area contributed by atoms with E-state index >= 15 is 0 Å². The number of aromatic nitrogens is 1. The fourth-order valence-electron chi connectivity index (χ4n) is 1.20. The van der Waals surface area contributed by atoms with E-state index in [0.29, 0.717) is 0 Å². The Kier molecular flexibility index (Phi) is 4.23. The van der Waals surface area contributed by atoms with Crippen LogP contribution in [-0.2, 0) is 10.0 Å². The molecule has 0 radical (unpaired) electrons. The van der Waals surface area contributed by atoms with Crippen molar-refractivity contribution < 1.29 is 18.3 Å². The molecule has 0 bridgehead atoms. The van der Waals surface area contributed by atoms with Gasteiger partial charge in [-0.05, 0) is 18.6 Å². The molecular weight excluding hydrogens is 258 g/mol. The Morgan fingerprint density at radius 2 is 2.28 bits per heavy atom. The highest BCUT2D eigenvalue weighted by atomic mass is 32.2. The minimum absolute atomic E-state index is 0.119. The largest absolute Gasteiger partial charge is 0.477 e. The number of hydrogen-bond acceptors (Lipinski definition) is 5. The molecule has 0 saturated heterocycles. The Bertz CT molecular complexity index is 574. The minimum Gasteiger partial charge on any atom is -0.477 e. The topological polar surface area (TPSA) is 120 Å². The second kappa shape index (κ2) is 5.46. The highest BCUT2D eigenvalue weighted by molar-refractivity contribution is 7.93. The van der Waals surface area contributed by atoms with E-state index in [9.17, 15) is 13.2 Å². The van der Waals surface area contributed by atoms with E-state index in [1.54, 1.807) is 13.0 Å². The summed E-state index contributed by atoms with van der Waals surface area (Å²) < 4.78 is 25.6. The van der Waals surface area contributed by atoms with Crippen molar-refractivity contribution in [1.82, 2.24) is 4.98 Å². The smallest absolute Gasteiger partial charge is 0.354 e. The molecule has 0 aliphatic carbocycles. The molecule has 1 rings (SSSR count). The van der Waals surface area contributed by atoms with Crippen LogP contribution >= 0.6 is 0 Å². The molecule has 1 atom stereocenters. The lowest BCUT2D eigenvalue weighted by molar-refractivity contribution is 0.0690. The maximum absolute atomic E-state index is 11.7. The maximum atomic E-state index is 11.7. The zero-order valence-electron chi connectivity index (χ0n) is 9.49. The third-order valence-corrected chi connectivity index (χ3v) is 3.84. The Morgan fingerprint density at radius 3 is 2.67 bits per heavy atom. The molecule has 1 heterocycles. The van der Waals surface area contributed by atoms with Gasteiger partial charge in [-0.3, -0.25) is 4.72 Å². The maximum Gasteiger partial charge on any atom is 0.354 e. The number of carboxylic acid groups (broad SMARTS) is 1. The summed E-state index contributed by atoms with van der Waals surface area (Å²) in [6.07, 6.45) is 1.25. The quantitative estimate of drug-likeness (QED) is 0.816. The van der Waals surface area contributed by atoms with E-state index in [-0.39, 0.29) is 17.8 Å². The lowest BCUT2D eigenvalue weighted by Crippen LogP contribution is -2.26. The number of nitrogens with zero attached hydrogens (tertiary/aromatic N) is 2. The molecule has 96 valence electrons. The average Bonchev–Trinajstić information content (AvgIpc) is 2.30. The standard InChI is InChI=1S/C10H11N3O4S/c1-2-8(5-11)18(16,17)13-7-3-4-9(10(14)15)12-6-7/h3-4,6,8,13H,2H2,1H3,(H,14,15). The molecule has 0 aliphatic heterocycles. The van der Waals surface area contributed by atoms with Crippen molar-refractivity contribution >= 4 is 21.7 Å². The van der Waals surface area contributed by atoms with Gasteiger partial charge in [-0.1, -0.05) is 6.92 Å². The number of carbonyl (C=O) groups is 1. The number of sulfonamides is 1. The van der Waals surface area contributed by atoms with Crippen molar-refractivity contribution in [2.45, 2.75) is 18.6 Å². The summed E-state index contributed by atoms with van der Waals surface area (Å²) in [5, 5.41) is 16.2. The molecule has 0 spiro atoms. The predicted molar refractivity (Wildman–Crippen MR) is 63.4 cm³/mol. The lowest BCUT2D eigenvalue weighted by Gasteiger charge is -2.10. The second-order valence-electron chi connectivity index (χ2n) is 3.41. The number of anilines is 1. The molecule has 0 saturated carbocycles. The van der Waals surface area contributed by atoms with Gasteiger partial charge < -0.3 is 5.11 Å². The Morgan fingerprint density at radius 1 is 1.61 bits per heavy atom. The molecule has 0 aliphatic rings. The minimum atomic E-state index is -3.81. The van der Waals surface area contributed by atoms with Crippen LogP contribution in [0, 0.1) is 11.3 Å². The number of hydrogen-bond donors (Lipinski definition) is 2. The molecule has 1 aromatic heterocycles. The van der Waals surface area contributed by atoms with Crippen molar-refractivity contribution in [3.05, 3.63) is 24.0 Å². The second-order valence-corrected chi connectivity index (χ2v) is 5.27. The zero-order valence-corrected chi connectivity index (χ0v) is 10.3. The van der Waals surface area contributed by atoms with Gasteiger partial charge in [0.25, 0.3) is 0 Å². The zero-order chi connectivity index (χ0) is 13.8. The van der Waals surface area contributed by atoms with Crippen LogP contribution in [-0.4, -0.2) is 29.7 Å². The molecule has 8 heteroatoms. The highest BCUT2D eigenvalue weighted by Crippen LogP contribution is 2.13. The monoisotopic (exact) mass is 269 g/mol. The summed E-state index contributed by atoms with van der Waals surface area (Å²) >= 11 is 0. The van der Waals surface area contributed by atoms with Crippen LogP contribution in [0.3, 0.4) is 0 Å². The van der Waals surface area contributed by atoms with Gasteiger partial charge in [0.1, 0.15) is 5.69 Å². The van der Waals surface area contributed by atoms with Crippen molar-refractivity contribution in [2.24, 2.45) is 0 Å². The molecule has 1 unspecified atom stereocenters. The number of nitriles is 1. The normalized spacial score (nSPS) is 12.4. The SMILES string of the molecule is CCC(C#N)S(=O)(=O)Nc1ccc(C(=O)O)nc1. The van der Waals surface area contributed by atoms with Gasteiger partial charge >= 0.3 is 5.97 Å². The van der Waals surface area contributed by atoms with Gasteiger partial charge in [0.2, 0.25) is 10.0 Å². The van der Waals surface area contributed by atoms with Crippen LogP contribution in [0.5, 0.6) is 0 Å². The molecule has 2 N–H and O–H groups in total. The van der Waals surface area contributed by atoms with Gasteiger partial charge in [-0.25, -0.2) is 18.2 Å². The van der Waals surface area contributed by atoms with Gasteiger partial charge in [0.05, 0.1) is 18.0 Å². The van der Waals surface area contributed by atoms with Crippen LogP contribution in [0.15, 0.2) is 18.3 Å². The van der Waals surface area contributed by atoms with E-state index in [4.69, 9.17) is 10.4 Å². The van der Waals surface area contributed by atoms with E-state index in [1.807, 2.05) is 0 Å². The van der Waals surface area contributed by atoms with E-state index in [0.717, 1.165) is 6.20 Å². The summed E-state index contributed by atoms with van der Waals surface area (Å²) in [5.41, 5.74) is -0.0704. The van der Waals surface area contributed by atoms with Crippen LogP contribution in [0.2, 0.25) is 0 Å². The van der Waals surface area contributed by atoms with Crippen molar-refractivity contribution in [2.75, 3.05) is 4.72 Å². The fraction of sp³-hybridized carbons (Fsp3) is 0.300. The highest BCUT2D eigenvalue weighted by Gasteiger charge is 2.23. The van der Waals surface area contributed by atoms with Crippen molar-refractivity contribution in [3.8, 4) is 6.07 Å². The third kappa shape index (κ3) is 3.18. The Hall–Kier alpha value is -2.14. The number of carboxylic acids is 1. The molecule has 18 heavy (non-hydrogen) atoms. The summed E-state index contributed by atoms with van der Waals surface area (Å²) in [6.45, 7) is 1.58.